The molecule has 27 heavy (non-hydrogen) atoms. The van der Waals surface area contributed by atoms with Crippen LogP contribution in [-0.4, -0.2) is 22.7 Å². The van der Waals surface area contributed by atoms with Crippen molar-refractivity contribution in [2.45, 2.75) is 19.4 Å². The van der Waals surface area contributed by atoms with E-state index in [0.29, 0.717) is 10.5 Å². The normalized spacial score (nSPS) is 18.0. The van der Waals surface area contributed by atoms with Crippen molar-refractivity contribution in [1.29, 1.82) is 0 Å². The molecule has 7 heteroatoms. The van der Waals surface area contributed by atoms with E-state index in [1.54, 1.807) is 6.08 Å². The molecule has 0 N–H and O–H groups in total. The molecule has 0 saturated carbocycles. The highest BCUT2D eigenvalue weighted by atomic mass is 35.5. The van der Waals surface area contributed by atoms with Gasteiger partial charge in [-0.1, -0.05) is 23.7 Å². The SMILES string of the molecule is O=C1S/C(=C/c2ccc3c(c2)CCCO3)C(=O)N1Cc1ccc(F)cc1Cl. The van der Waals surface area contributed by atoms with E-state index in [-0.39, 0.29) is 22.7 Å². The third-order valence-electron chi connectivity index (χ3n) is 4.45. The van der Waals surface area contributed by atoms with Crippen LogP contribution in [0.4, 0.5) is 9.18 Å². The summed E-state index contributed by atoms with van der Waals surface area (Å²) >= 11 is 6.91. The Labute approximate surface area is 164 Å². The van der Waals surface area contributed by atoms with Gasteiger partial charge in [-0.2, -0.15) is 0 Å². The Bertz CT molecular complexity index is 976. The molecular weight excluding hydrogens is 389 g/mol. The minimum atomic E-state index is -0.464. The Morgan fingerprint density at radius 3 is 2.89 bits per heavy atom. The van der Waals surface area contributed by atoms with Crippen molar-refractivity contribution in [3.05, 3.63) is 68.8 Å². The molecule has 2 aliphatic rings. The molecular formula is C20H15ClFNO3S. The van der Waals surface area contributed by atoms with Crippen molar-refractivity contribution < 1.29 is 18.7 Å². The van der Waals surface area contributed by atoms with Crippen molar-refractivity contribution >= 4 is 40.6 Å². The summed E-state index contributed by atoms with van der Waals surface area (Å²) in [6.07, 6.45) is 3.61. The van der Waals surface area contributed by atoms with E-state index >= 15 is 0 Å². The molecule has 138 valence electrons. The Kier molecular flexibility index (Phi) is 4.93. The molecule has 4 rings (SSSR count). The number of hydrogen-bond donors (Lipinski definition) is 0. The van der Waals surface area contributed by atoms with Gasteiger partial charge < -0.3 is 4.74 Å². The van der Waals surface area contributed by atoms with Crippen LogP contribution in [0.3, 0.4) is 0 Å². The van der Waals surface area contributed by atoms with Crippen LogP contribution in [-0.2, 0) is 17.8 Å². The Morgan fingerprint density at radius 2 is 2.07 bits per heavy atom. The van der Waals surface area contributed by atoms with Gasteiger partial charge in [-0.15, -0.1) is 0 Å². The van der Waals surface area contributed by atoms with Gasteiger partial charge in [0.2, 0.25) is 0 Å². The van der Waals surface area contributed by atoms with Crippen molar-refractivity contribution in [2.75, 3.05) is 6.61 Å². The first-order valence-electron chi connectivity index (χ1n) is 8.46. The summed E-state index contributed by atoms with van der Waals surface area (Å²) in [5.74, 6) is 0.0333. The van der Waals surface area contributed by atoms with Crippen LogP contribution in [0.25, 0.3) is 6.08 Å². The fourth-order valence-electron chi connectivity index (χ4n) is 3.08. The van der Waals surface area contributed by atoms with Gasteiger partial charge in [0, 0.05) is 5.02 Å². The topological polar surface area (TPSA) is 46.6 Å². The maximum absolute atomic E-state index is 13.2. The summed E-state index contributed by atoms with van der Waals surface area (Å²) < 4.78 is 18.8. The number of hydrogen-bond acceptors (Lipinski definition) is 4. The Morgan fingerprint density at radius 1 is 1.22 bits per heavy atom. The summed E-state index contributed by atoms with van der Waals surface area (Å²) in [7, 11) is 0. The lowest BCUT2D eigenvalue weighted by molar-refractivity contribution is -0.123. The first-order chi connectivity index (χ1) is 13.0. The molecule has 0 atom stereocenters. The summed E-state index contributed by atoms with van der Waals surface area (Å²) in [5.41, 5.74) is 2.48. The van der Waals surface area contributed by atoms with E-state index in [1.165, 1.54) is 18.2 Å². The van der Waals surface area contributed by atoms with Crippen LogP contribution < -0.4 is 4.74 Å². The molecule has 0 bridgehead atoms. The lowest BCUT2D eigenvalue weighted by Crippen LogP contribution is -2.27. The fraction of sp³-hybridized carbons (Fsp3) is 0.200. The zero-order chi connectivity index (χ0) is 19.0. The molecule has 0 radical (unpaired) electrons. The number of ether oxygens (including phenoxy) is 1. The number of nitrogens with zero attached hydrogens (tertiary/aromatic N) is 1. The average molecular weight is 404 g/mol. The lowest BCUT2D eigenvalue weighted by Gasteiger charge is -2.17. The van der Waals surface area contributed by atoms with Crippen molar-refractivity contribution in [1.82, 2.24) is 4.90 Å². The number of carbonyl (C=O) groups excluding carboxylic acids is 2. The molecule has 0 aromatic heterocycles. The van der Waals surface area contributed by atoms with Gasteiger partial charge in [-0.25, -0.2) is 4.39 Å². The molecule has 0 unspecified atom stereocenters. The number of amides is 2. The van der Waals surface area contributed by atoms with E-state index < -0.39 is 5.82 Å². The number of carbonyl (C=O) groups is 2. The molecule has 0 spiro atoms. The average Bonchev–Trinajstić information content (AvgIpc) is 2.91. The van der Waals surface area contributed by atoms with Gasteiger partial charge in [0.25, 0.3) is 11.1 Å². The number of benzene rings is 2. The van der Waals surface area contributed by atoms with Gasteiger partial charge in [-0.3, -0.25) is 14.5 Å². The van der Waals surface area contributed by atoms with Crippen LogP contribution in [0.5, 0.6) is 5.75 Å². The predicted octanol–water partition coefficient (Wildman–Crippen LogP) is 5.04. The molecule has 4 nitrogen and oxygen atoms in total. The molecule has 0 aliphatic carbocycles. The van der Waals surface area contributed by atoms with Crippen molar-refractivity contribution in [3.8, 4) is 5.75 Å². The highest BCUT2D eigenvalue weighted by molar-refractivity contribution is 8.18. The number of aryl methyl sites for hydroxylation is 1. The van der Waals surface area contributed by atoms with Crippen LogP contribution in [0.2, 0.25) is 5.02 Å². The number of halogens is 2. The van der Waals surface area contributed by atoms with Crippen molar-refractivity contribution in [3.63, 3.8) is 0 Å². The Hall–Kier alpha value is -2.31. The second kappa shape index (κ2) is 7.37. The standard InChI is InChI=1S/C20H15ClFNO3S/c21-16-10-15(22)5-4-14(16)11-23-19(24)18(27-20(23)25)9-12-3-6-17-13(8-12)2-1-7-26-17/h3-6,8-10H,1-2,7,11H2/b18-9+. The smallest absolute Gasteiger partial charge is 0.293 e. The van der Waals surface area contributed by atoms with E-state index in [4.69, 9.17) is 16.3 Å². The first kappa shape index (κ1) is 18.1. The van der Waals surface area contributed by atoms with Crippen molar-refractivity contribution in [2.24, 2.45) is 0 Å². The summed E-state index contributed by atoms with van der Waals surface area (Å²) in [4.78, 5) is 26.4. The summed E-state index contributed by atoms with van der Waals surface area (Å²) in [5, 5.41) is -0.180. The Balaban J connectivity index is 1.56. The molecule has 1 saturated heterocycles. The zero-order valence-corrected chi connectivity index (χ0v) is 15.8. The summed E-state index contributed by atoms with van der Waals surface area (Å²) in [6.45, 7) is 0.732. The molecule has 2 aromatic rings. The lowest BCUT2D eigenvalue weighted by atomic mass is 10.0. The molecule has 2 aliphatic heterocycles. The van der Waals surface area contributed by atoms with E-state index in [0.717, 1.165) is 53.0 Å². The molecule has 2 heterocycles. The number of thioether (sulfide) groups is 1. The van der Waals surface area contributed by atoms with Crippen LogP contribution in [0.15, 0.2) is 41.3 Å². The number of imide groups is 1. The highest BCUT2D eigenvalue weighted by Gasteiger charge is 2.35. The van der Waals surface area contributed by atoms with Crippen LogP contribution >= 0.6 is 23.4 Å². The maximum atomic E-state index is 13.2. The maximum Gasteiger partial charge on any atom is 0.293 e. The van der Waals surface area contributed by atoms with E-state index in [9.17, 15) is 14.0 Å². The highest BCUT2D eigenvalue weighted by Crippen LogP contribution is 2.35. The van der Waals surface area contributed by atoms with Crippen LogP contribution in [0, 0.1) is 5.82 Å². The second-order valence-electron chi connectivity index (χ2n) is 6.32. The third-order valence-corrected chi connectivity index (χ3v) is 5.71. The van der Waals surface area contributed by atoms with Gasteiger partial charge >= 0.3 is 0 Å². The largest absolute Gasteiger partial charge is 0.493 e. The minimum absolute atomic E-state index is 0.0130. The number of fused-ring (bicyclic) bond motifs is 1. The number of rotatable bonds is 3. The second-order valence-corrected chi connectivity index (χ2v) is 7.72. The van der Waals surface area contributed by atoms with Crippen LogP contribution in [0.1, 0.15) is 23.1 Å². The molecule has 1 fully saturated rings. The third kappa shape index (κ3) is 3.73. The quantitative estimate of drug-likeness (QED) is 0.673. The first-order valence-corrected chi connectivity index (χ1v) is 9.66. The summed E-state index contributed by atoms with van der Waals surface area (Å²) in [6, 6.07) is 9.65. The molecule has 2 aromatic carbocycles. The fourth-order valence-corrected chi connectivity index (χ4v) is 4.14. The van der Waals surface area contributed by atoms with Gasteiger partial charge in [0.15, 0.2) is 0 Å². The predicted molar refractivity (Wildman–Crippen MR) is 103 cm³/mol. The monoisotopic (exact) mass is 403 g/mol. The van der Waals surface area contributed by atoms with E-state index in [1.807, 2.05) is 18.2 Å². The zero-order valence-electron chi connectivity index (χ0n) is 14.2. The minimum Gasteiger partial charge on any atom is -0.493 e. The molecule has 2 amide bonds. The van der Waals surface area contributed by atoms with Gasteiger partial charge in [-0.05, 0) is 71.6 Å². The van der Waals surface area contributed by atoms with Gasteiger partial charge in [0.05, 0.1) is 18.1 Å². The van der Waals surface area contributed by atoms with Gasteiger partial charge in [0.1, 0.15) is 11.6 Å². The van der Waals surface area contributed by atoms with E-state index in [2.05, 4.69) is 0 Å².